The van der Waals surface area contributed by atoms with Crippen LogP contribution < -0.4 is 14.8 Å². The minimum absolute atomic E-state index is 0.190. The van der Waals surface area contributed by atoms with E-state index in [4.69, 9.17) is 9.47 Å². The SMILES string of the molecule is COc1ccc(CCNC(=O)c2cnn(-c3ccc(C(F)(F)F)cn3)c2C)cc1OC. The Hall–Kier alpha value is -3.56. The minimum Gasteiger partial charge on any atom is -0.493 e. The second-order valence-corrected chi connectivity index (χ2v) is 6.65. The monoisotopic (exact) mass is 434 g/mol. The number of benzene rings is 1. The van der Waals surface area contributed by atoms with Crippen LogP contribution in [0.1, 0.15) is 27.2 Å². The summed E-state index contributed by atoms with van der Waals surface area (Å²) in [5.74, 6) is 1.08. The molecule has 3 rings (SSSR count). The van der Waals surface area contributed by atoms with Crippen LogP contribution in [-0.4, -0.2) is 41.4 Å². The number of pyridine rings is 1. The van der Waals surface area contributed by atoms with Crippen molar-refractivity contribution in [2.75, 3.05) is 20.8 Å². The molecule has 0 aliphatic carbocycles. The lowest BCUT2D eigenvalue weighted by Gasteiger charge is -2.10. The molecule has 0 radical (unpaired) electrons. The zero-order valence-electron chi connectivity index (χ0n) is 17.2. The molecule has 31 heavy (non-hydrogen) atoms. The molecular formula is C21H21F3N4O3. The van der Waals surface area contributed by atoms with Gasteiger partial charge in [-0.05, 0) is 43.2 Å². The number of amides is 1. The first-order valence-electron chi connectivity index (χ1n) is 9.32. The van der Waals surface area contributed by atoms with Gasteiger partial charge in [0, 0.05) is 12.7 Å². The van der Waals surface area contributed by atoms with E-state index in [1.54, 1.807) is 27.2 Å². The van der Waals surface area contributed by atoms with Crippen molar-refractivity contribution in [3.8, 4) is 17.3 Å². The third-order valence-corrected chi connectivity index (χ3v) is 4.69. The maximum Gasteiger partial charge on any atom is 0.417 e. The predicted octanol–water partition coefficient (Wildman–Crippen LogP) is 3.58. The maximum atomic E-state index is 12.7. The minimum atomic E-state index is -4.47. The van der Waals surface area contributed by atoms with Gasteiger partial charge < -0.3 is 14.8 Å². The number of alkyl halides is 3. The molecule has 2 aromatic heterocycles. The first kappa shape index (κ1) is 22.1. The lowest BCUT2D eigenvalue weighted by molar-refractivity contribution is -0.137. The largest absolute Gasteiger partial charge is 0.493 e. The molecule has 1 N–H and O–H groups in total. The molecule has 0 atom stereocenters. The van der Waals surface area contributed by atoms with E-state index in [0.717, 1.165) is 17.8 Å². The van der Waals surface area contributed by atoms with Crippen molar-refractivity contribution in [3.63, 3.8) is 0 Å². The van der Waals surface area contributed by atoms with Crippen molar-refractivity contribution in [1.82, 2.24) is 20.1 Å². The smallest absolute Gasteiger partial charge is 0.417 e. The molecule has 0 saturated heterocycles. The zero-order chi connectivity index (χ0) is 22.6. The van der Waals surface area contributed by atoms with Crippen molar-refractivity contribution in [2.24, 2.45) is 0 Å². The molecule has 2 heterocycles. The Morgan fingerprint density at radius 3 is 2.45 bits per heavy atom. The Morgan fingerprint density at radius 1 is 1.10 bits per heavy atom. The van der Waals surface area contributed by atoms with Gasteiger partial charge in [-0.25, -0.2) is 9.67 Å². The summed E-state index contributed by atoms with van der Waals surface area (Å²) >= 11 is 0. The second kappa shape index (κ2) is 9.07. The van der Waals surface area contributed by atoms with Crippen molar-refractivity contribution < 1.29 is 27.4 Å². The average Bonchev–Trinajstić information content (AvgIpc) is 3.14. The number of rotatable bonds is 7. The van der Waals surface area contributed by atoms with E-state index in [-0.39, 0.29) is 11.7 Å². The number of methoxy groups -OCH3 is 2. The van der Waals surface area contributed by atoms with E-state index in [9.17, 15) is 18.0 Å². The third-order valence-electron chi connectivity index (χ3n) is 4.69. The van der Waals surface area contributed by atoms with Crippen LogP contribution in [0.25, 0.3) is 5.82 Å². The average molecular weight is 434 g/mol. The number of nitrogens with one attached hydrogen (secondary N) is 1. The summed E-state index contributed by atoms with van der Waals surface area (Å²) in [5, 5.41) is 6.90. The molecule has 10 heteroatoms. The fraction of sp³-hybridized carbons (Fsp3) is 0.286. The number of carbonyl (C=O) groups is 1. The van der Waals surface area contributed by atoms with E-state index < -0.39 is 11.7 Å². The molecule has 0 saturated carbocycles. The summed E-state index contributed by atoms with van der Waals surface area (Å²) in [5.41, 5.74) is 0.887. The number of nitrogens with zero attached hydrogens (tertiary/aromatic N) is 3. The number of ether oxygens (including phenoxy) is 2. The topological polar surface area (TPSA) is 78.3 Å². The molecule has 1 aromatic carbocycles. The normalized spacial score (nSPS) is 11.3. The third kappa shape index (κ3) is 4.96. The number of hydrogen-bond donors (Lipinski definition) is 1. The van der Waals surface area contributed by atoms with Gasteiger partial charge in [-0.3, -0.25) is 4.79 Å². The summed E-state index contributed by atoms with van der Waals surface area (Å²) in [7, 11) is 3.11. The quantitative estimate of drug-likeness (QED) is 0.615. The van der Waals surface area contributed by atoms with Gasteiger partial charge >= 0.3 is 6.18 Å². The van der Waals surface area contributed by atoms with E-state index >= 15 is 0 Å². The predicted molar refractivity (Wildman–Crippen MR) is 107 cm³/mol. The molecule has 7 nitrogen and oxygen atoms in total. The highest BCUT2D eigenvalue weighted by molar-refractivity contribution is 5.95. The van der Waals surface area contributed by atoms with Gasteiger partial charge in [0.05, 0.1) is 37.2 Å². The molecular weight excluding hydrogens is 413 g/mol. The lowest BCUT2D eigenvalue weighted by atomic mass is 10.1. The highest BCUT2D eigenvalue weighted by Crippen LogP contribution is 2.29. The summed E-state index contributed by atoms with van der Waals surface area (Å²) in [6, 6.07) is 7.65. The van der Waals surface area contributed by atoms with E-state index in [1.807, 2.05) is 12.1 Å². The Labute approximate surface area is 176 Å². The second-order valence-electron chi connectivity index (χ2n) is 6.65. The molecule has 1 amide bonds. The molecule has 3 aromatic rings. The van der Waals surface area contributed by atoms with Crippen LogP contribution in [0.5, 0.6) is 11.5 Å². The highest BCUT2D eigenvalue weighted by Gasteiger charge is 2.30. The summed E-state index contributed by atoms with van der Waals surface area (Å²) in [4.78, 5) is 16.3. The molecule has 0 spiro atoms. The fourth-order valence-electron chi connectivity index (χ4n) is 2.99. The van der Waals surface area contributed by atoms with Gasteiger partial charge in [-0.1, -0.05) is 6.07 Å². The first-order valence-corrected chi connectivity index (χ1v) is 9.32. The van der Waals surface area contributed by atoms with Gasteiger partial charge in [0.15, 0.2) is 17.3 Å². The van der Waals surface area contributed by atoms with Crippen molar-refractivity contribution >= 4 is 5.91 Å². The van der Waals surface area contributed by atoms with Crippen LogP contribution in [0.15, 0.2) is 42.7 Å². The lowest BCUT2D eigenvalue weighted by Crippen LogP contribution is -2.26. The number of aromatic nitrogens is 3. The van der Waals surface area contributed by atoms with E-state index in [2.05, 4.69) is 15.4 Å². The molecule has 164 valence electrons. The van der Waals surface area contributed by atoms with Crippen molar-refractivity contribution in [2.45, 2.75) is 19.5 Å². The van der Waals surface area contributed by atoms with Crippen LogP contribution in [0.3, 0.4) is 0 Å². The molecule has 0 aliphatic rings. The van der Waals surface area contributed by atoms with Gasteiger partial charge in [0.1, 0.15) is 0 Å². The van der Waals surface area contributed by atoms with Crippen LogP contribution in [0, 0.1) is 6.92 Å². The van der Waals surface area contributed by atoms with Crippen LogP contribution in [0.2, 0.25) is 0 Å². The highest BCUT2D eigenvalue weighted by atomic mass is 19.4. The van der Waals surface area contributed by atoms with Gasteiger partial charge in [-0.15, -0.1) is 0 Å². The summed E-state index contributed by atoms with van der Waals surface area (Å²) in [6.07, 6.45) is -1.80. The van der Waals surface area contributed by atoms with Crippen molar-refractivity contribution in [1.29, 1.82) is 0 Å². The Kier molecular flexibility index (Phi) is 6.47. The molecule has 0 bridgehead atoms. The summed E-state index contributed by atoms with van der Waals surface area (Å²) in [6.45, 7) is 2.02. The molecule has 0 aliphatic heterocycles. The van der Waals surface area contributed by atoms with Crippen LogP contribution in [0.4, 0.5) is 13.2 Å². The Morgan fingerprint density at radius 2 is 1.84 bits per heavy atom. The fourth-order valence-corrected chi connectivity index (χ4v) is 2.99. The number of hydrogen-bond acceptors (Lipinski definition) is 5. The molecule has 0 unspecified atom stereocenters. The van der Waals surface area contributed by atoms with Crippen molar-refractivity contribution in [3.05, 3.63) is 65.1 Å². The van der Waals surface area contributed by atoms with E-state index in [0.29, 0.717) is 35.7 Å². The Bertz CT molecular complexity index is 1060. The Balaban J connectivity index is 1.65. The zero-order valence-corrected chi connectivity index (χ0v) is 17.2. The van der Waals surface area contributed by atoms with Crippen LogP contribution in [-0.2, 0) is 12.6 Å². The molecule has 0 fully saturated rings. The van der Waals surface area contributed by atoms with E-state index in [1.165, 1.54) is 16.9 Å². The standard InChI is InChI=1S/C21H21F3N4O3/c1-13-16(12-27-28(13)19-7-5-15(11-26-19)21(22,23)24)20(29)25-9-8-14-4-6-17(30-2)18(10-14)31-3/h4-7,10-12H,8-9H2,1-3H3,(H,25,29). The summed E-state index contributed by atoms with van der Waals surface area (Å²) < 4.78 is 49.9. The number of carbonyl (C=O) groups excluding carboxylic acids is 1. The maximum absolute atomic E-state index is 12.7. The van der Waals surface area contributed by atoms with Gasteiger partial charge in [0.2, 0.25) is 0 Å². The van der Waals surface area contributed by atoms with Gasteiger partial charge in [-0.2, -0.15) is 18.3 Å². The van der Waals surface area contributed by atoms with Gasteiger partial charge in [0.25, 0.3) is 5.91 Å². The number of halogens is 3. The van der Waals surface area contributed by atoms with Crippen LogP contribution >= 0.6 is 0 Å². The first-order chi connectivity index (χ1) is 14.7.